The van der Waals surface area contributed by atoms with Gasteiger partial charge in [0.2, 0.25) is 0 Å². The SMILES string of the molecule is Cc1cc(NC(=O)c2ccc(NN)nn2)ccc1F. The van der Waals surface area contributed by atoms with Crippen LogP contribution in [0.5, 0.6) is 0 Å². The number of nitrogen functional groups attached to an aromatic ring is 1. The zero-order valence-electron chi connectivity index (χ0n) is 10.1. The lowest BCUT2D eigenvalue weighted by atomic mass is 10.2. The number of aryl methyl sites for hydroxylation is 1. The molecule has 0 radical (unpaired) electrons. The maximum atomic E-state index is 13.1. The molecule has 7 heteroatoms. The number of aromatic nitrogens is 2. The van der Waals surface area contributed by atoms with E-state index in [2.05, 4.69) is 20.9 Å². The third-order valence-corrected chi connectivity index (χ3v) is 2.46. The molecule has 1 aromatic heterocycles. The summed E-state index contributed by atoms with van der Waals surface area (Å²) in [7, 11) is 0. The zero-order valence-corrected chi connectivity index (χ0v) is 10.1. The lowest BCUT2D eigenvalue weighted by Crippen LogP contribution is -2.16. The van der Waals surface area contributed by atoms with E-state index in [0.29, 0.717) is 17.1 Å². The van der Waals surface area contributed by atoms with Crippen LogP contribution in [0.3, 0.4) is 0 Å². The van der Waals surface area contributed by atoms with Crippen LogP contribution in [0.2, 0.25) is 0 Å². The van der Waals surface area contributed by atoms with Crippen LogP contribution in [0, 0.1) is 12.7 Å². The molecule has 0 fully saturated rings. The number of benzene rings is 1. The van der Waals surface area contributed by atoms with Crippen molar-refractivity contribution >= 4 is 17.4 Å². The number of halogens is 1. The summed E-state index contributed by atoms with van der Waals surface area (Å²) in [5.74, 6) is 4.75. The van der Waals surface area contributed by atoms with E-state index in [-0.39, 0.29) is 11.5 Å². The molecule has 98 valence electrons. The summed E-state index contributed by atoms with van der Waals surface area (Å²) in [6.07, 6.45) is 0. The molecule has 0 bridgehead atoms. The van der Waals surface area contributed by atoms with Crippen LogP contribution >= 0.6 is 0 Å². The number of carbonyl (C=O) groups is 1. The quantitative estimate of drug-likeness (QED) is 0.574. The van der Waals surface area contributed by atoms with Gasteiger partial charge in [0.05, 0.1) is 0 Å². The molecular formula is C12H12FN5O. The van der Waals surface area contributed by atoms with Gasteiger partial charge in [0, 0.05) is 5.69 Å². The fourth-order valence-electron chi connectivity index (χ4n) is 1.45. The molecule has 2 rings (SSSR count). The van der Waals surface area contributed by atoms with Crippen LogP contribution in [0.25, 0.3) is 0 Å². The van der Waals surface area contributed by atoms with Crippen molar-refractivity contribution in [3.8, 4) is 0 Å². The molecule has 0 spiro atoms. The average Bonchev–Trinajstić information content (AvgIpc) is 2.43. The molecule has 0 unspecified atom stereocenters. The molecule has 0 aliphatic rings. The molecule has 0 atom stereocenters. The molecule has 1 aromatic carbocycles. The highest BCUT2D eigenvalue weighted by molar-refractivity contribution is 6.02. The van der Waals surface area contributed by atoms with Crippen molar-refractivity contribution in [2.75, 3.05) is 10.7 Å². The highest BCUT2D eigenvalue weighted by Crippen LogP contribution is 2.14. The average molecular weight is 261 g/mol. The Morgan fingerprint density at radius 1 is 1.26 bits per heavy atom. The molecule has 0 saturated heterocycles. The van der Waals surface area contributed by atoms with E-state index in [1.165, 1.54) is 30.3 Å². The number of carbonyl (C=O) groups excluding carboxylic acids is 1. The Labute approximate surface area is 108 Å². The maximum Gasteiger partial charge on any atom is 0.276 e. The first-order chi connectivity index (χ1) is 9.10. The Kier molecular flexibility index (Phi) is 3.67. The van der Waals surface area contributed by atoms with Crippen LogP contribution in [0.4, 0.5) is 15.9 Å². The Morgan fingerprint density at radius 2 is 2.05 bits per heavy atom. The van der Waals surface area contributed by atoms with Gasteiger partial charge in [-0.05, 0) is 42.8 Å². The number of nitrogens with one attached hydrogen (secondary N) is 2. The summed E-state index contributed by atoms with van der Waals surface area (Å²) in [5.41, 5.74) is 3.39. The predicted octanol–water partition coefficient (Wildman–Crippen LogP) is 1.46. The van der Waals surface area contributed by atoms with Gasteiger partial charge >= 0.3 is 0 Å². The molecule has 1 amide bonds. The smallest absolute Gasteiger partial charge is 0.276 e. The second-order valence-corrected chi connectivity index (χ2v) is 3.87. The van der Waals surface area contributed by atoms with Crippen molar-refractivity contribution < 1.29 is 9.18 Å². The second kappa shape index (κ2) is 5.40. The topological polar surface area (TPSA) is 92.9 Å². The van der Waals surface area contributed by atoms with E-state index < -0.39 is 5.91 Å². The molecule has 2 aromatic rings. The molecule has 0 aliphatic carbocycles. The fourth-order valence-corrected chi connectivity index (χ4v) is 1.45. The third kappa shape index (κ3) is 3.02. The zero-order chi connectivity index (χ0) is 13.8. The number of hydrogen-bond donors (Lipinski definition) is 3. The minimum Gasteiger partial charge on any atom is -0.321 e. The van der Waals surface area contributed by atoms with Gasteiger partial charge in [0.15, 0.2) is 11.5 Å². The Balaban J connectivity index is 2.13. The van der Waals surface area contributed by atoms with E-state index in [0.717, 1.165) is 0 Å². The number of amides is 1. The van der Waals surface area contributed by atoms with E-state index in [4.69, 9.17) is 5.84 Å². The standard InChI is InChI=1S/C12H12FN5O/c1-7-6-8(2-3-9(7)13)15-12(19)10-4-5-11(16-14)18-17-10/h2-6H,14H2,1H3,(H,15,19)(H,16,18). The van der Waals surface area contributed by atoms with Gasteiger partial charge in [0.1, 0.15) is 5.82 Å². The summed E-state index contributed by atoms with van der Waals surface area (Å²) in [6, 6.07) is 7.31. The van der Waals surface area contributed by atoms with E-state index in [1.54, 1.807) is 6.92 Å². The number of nitrogens with two attached hydrogens (primary N) is 1. The second-order valence-electron chi connectivity index (χ2n) is 3.87. The van der Waals surface area contributed by atoms with E-state index >= 15 is 0 Å². The molecule has 0 aliphatic heterocycles. The van der Waals surface area contributed by atoms with Gasteiger partial charge in [-0.3, -0.25) is 4.79 Å². The van der Waals surface area contributed by atoms with Crippen molar-refractivity contribution in [2.24, 2.45) is 5.84 Å². The number of rotatable bonds is 3. The summed E-state index contributed by atoms with van der Waals surface area (Å²) in [5, 5.41) is 10.00. The van der Waals surface area contributed by atoms with Gasteiger partial charge in [-0.2, -0.15) is 0 Å². The highest BCUT2D eigenvalue weighted by Gasteiger charge is 2.09. The minimum atomic E-state index is -0.429. The number of nitrogens with zero attached hydrogens (tertiary/aromatic N) is 2. The maximum absolute atomic E-state index is 13.1. The van der Waals surface area contributed by atoms with Crippen molar-refractivity contribution in [2.45, 2.75) is 6.92 Å². The van der Waals surface area contributed by atoms with Crippen LogP contribution in [0.1, 0.15) is 16.1 Å². The largest absolute Gasteiger partial charge is 0.321 e. The summed E-state index contributed by atoms with van der Waals surface area (Å²) in [4.78, 5) is 11.9. The van der Waals surface area contributed by atoms with Crippen LogP contribution in [-0.4, -0.2) is 16.1 Å². The van der Waals surface area contributed by atoms with Crippen LogP contribution in [0.15, 0.2) is 30.3 Å². The monoisotopic (exact) mass is 261 g/mol. The van der Waals surface area contributed by atoms with Crippen LogP contribution in [-0.2, 0) is 0 Å². The molecular weight excluding hydrogens is 249 g/mol. The van der Waals surface area contributed by atoms with Crippen molar-refractivity contribution in [3.05, 3.63) is 47.4 Å². The fraction of sp³-hybridized carbons (Fsp3) is 0.0833. The highest BCUT2D eigenvalue weighted by atomic mass is 19.1. The Morgan fingerprint density at radius 3 is 2.63 bits per heavy atom. The van der Waals surface area contributed by atoms with E-state index in [9.17, 15) is 9.18 Å². The number of hydrogen-bond acceptors (Lipinski definition) is 5. The first-order valence-electron chi connectivity index (χ1n) is 5.48. The molecule has 19 heavy (non-hydrogen) atoms. The van der Waals surface area contributed by atoms with Gasteiger partial charge in [-0.1, -0.05) is 0 Å². The summed E-state index contributed by atoms with van der Waals surface area (Å²) in [6.45, 7) is 1.62. The summed E-state index contributed by atoms with van der Waals surface area (Å²) < 4.78 is 13.1. The Bertz CT molecular complexity index is 600. The summed E-state index contributed by atoms with van der Waals surface area (Å²) >= 11 is 0. The molecule has 0 saturated carbocycles. The van der Waals surface area contributed by atoms with E-state index in [1.807, 2.05) is 0 Å². The predicted molar refractivity (Wildman–Crippen MR) is 68.9 cm³/mol. The first-order valence-corrected chi connectivity index (χ1v) is 5.48. The molecule has 1 heterocycles. The van der Waals surface area contributed by atoms with Crippen molar-refractivity contribution in [3.63, 3.8) is 0 Å². The lowest BCUT2D eigenvalue weighted by Gasteiger charge is -2.06. The Hall–Kier alpha value is -2.54. The van der Waals surface area contributed by atoms with Gasteiger partial charge in [-0.15, -0.1) is 10.2 Å². The van der Waals surface area contributed by atoms with Crippen molar-refractivity contribution in [1.82, 2.24) is 10.2 Å². The van der Waals surface area contributed by atoms with Gasteiger partial charge in [0.25, 0.3) is 5.91 Å². The minimum absolute atomic E-state index is 0.140. The van der Waals surface area contributed by atoms with Gasteiger partial charge in [-0.25, -0.2) is 10.2 Å². The normalized spacial score (nSPS) is 10.1. The van der Waals surface area contributed by atoms with Crippen LogP contribution < -0.4 is 16.6 Å². The number of anilines is 2. The molecule has 6 nitrogen and oxygen atoms in total. The van der Waals surface area contributed by atoms with Gasteiger partial charge < -0.3 is 10.7 Å². The molecule has 4 N–H and O–H groups in total. The number of hydrazine groups is 1. The van der Waals surface area contributed by atoms with Crippen molar-refractivity contribution in [1.29, 1.82) is 0 Å². The third-order valence-electron chi connectivity index (χ3n) is 2.46. The first kappa shape index (κ1) is 12.9. The lowest BCUT2D eigenvalue weighted by molar-refractivity contribution is 0.102.